The van der Waals surface area contributed by atoms with Crippen molar-refractivity contribution in [2.45, 2.75) is 51.2 Å². The first-order chi connectivity index (χ1) is 20.5. The number of rotatable bonds is 6. The van der Waals surface area contributed by atoms with Gasteiger partial charge in [0.2, 0.25) is 5.91 Å². The fraction of sp³-hybridized carbons (Fsp3) is 0.406. The summed E-state index contributed by atoms with van der Waals surface area (Å²) in [5, 5.41) is 21.5. The van der Waals surface area contributed by atoms with Crippen molar-refractivity contribution in [3.05, 3.63) is 87.7 Å². The fourth-order valence-corrected chi connectivity index (χ4v) is 6.35. The number of benzene rings is 2. The third-order valence-electron chi connectivity index (χ3n) is 8.61. The molecule has 2 atom stereocenters. The van der Waals surface area contributed by atoms with Gasteiger partial charge in [-0.3, -0.25) is 14.5 Å². The molecular formula is C32H33F2N7O2. The number of carbonyl (C=O) groups is 2. The summed E-state index contributed by atoms with van der Waals surface area (Å²) in [5.74, 6) is -1.46. The van der Waals surface area contributed by atoms with E-state index in [1.54, 1.807) is 34.1 Å². The standard InChI is InChI=1S/C32H33F2N7O2/c1-19-14-39(25(13-36-19)16-40-15-22-8-20(12-35)4-7-26(22)31(40)43)17-29(42)41-18-32(2,3)30-28(41)11-24(37-38-30)9-21-5-6-23(33)10-27(21)34/h4-8,10-11,19,25,36H,9,13-18H2,1-3H3. The molecule has 2 unspecified atom stereocenters. The number of nitrogens with one attached hydrogen (secondary N) is 1. The van der Waals surface area contributed by atoms with E-state index in [0.29, 0.717) is 66.5 Å². The van der Waals surface area contributed by atoms with E-state index in [0.717, 1.165) is 11.6 Å². The van der Waals surface area contributed by atoms with E-state index in [4.69, 9.17) is 0 Å². The van der Waals surface area contributed by atoms with E-state index in [1.165, 1.54) is 12.1 Å². The number of hydrogen-bond acceptors (Lipinski definition) is 7. The summed E-state index contributed by atoms with van der Waals surface area (Å²) in [4.78, 5) is 32.7. The van der Waals surface area contributed by atoms with Crippen molar-refractivity contribution in [2.24, 2.45) is 0 Å². The first-order valence-corrected chi connectivity index (χ1v) is 14.4. The van der Waals surface area contributed by atoms with Crippen molar-refractivity contribution < 1.29 is 18.4 Å². The summed E-state index contributed by atoms with van der Waals surface area (Å²) >= 11 is 0. The Hall–Kier alpha value is -4.27. The smallest absolute Gasteiger partial charge is 0.254 e. The van der Waals surface area contributed by atoms with Crippen molar-refractivity contribution in [3.8, 4) is 6.07 Å². The molecule has 0 radical (unpaired) electrons. The highest BCUT2D eigenvalue weighted by Gasteiger charge is 2.42. The van der Waals surface area contributed by atoms with Crippen molar-refractivity contribution >= 4 is 17.5 Å². The second-order valence-corrected chi connectivity index (χ2v) is 12.4. The van der Waals surface area contributed by atoms with Crippen molar-refractivity contribution in [1.29, 1.82) is 5.26 Å². The van der Waals surface area contributed by atoms with Gasteiger partial charge in [0.15, 0.2) is 0 Å². The molecule has 1 aromatic heterocycles. The first kappa shape index (κ1) is 28.8. The van der Waals surface area contributed by atoms with Gasteiger partial charge in [-0.15, -0.1) is 0 Å². The normalized spacial score (nSPS) is 21.1. The number of piperazine rings is 1. The molecule has 2 aromatic carbocycles. The van der Waals surface area contributed by atoms with E-state index >= 15 is 0 Å². The van der Waals surface area contributed by atoms with E-state index in [-0.39, 0.29) is 36.9 Å². The summed E-state index contributed by atoms with van der Waals surface area (Å²) in [5.41, 5.74) is 3.70. The minimum Gasteiger partial charge on any atom is -0.333 e. The largest absolute Gasteiger partial charge is 0.333 e. The van der Waals surface area contributed by atoms with Crippen molar-refractivity contribution in [1.82, 2.24) is 25.3 Å². The van der Waals surface area contributed by atoms with Crippen LogP contribution in [0.4, 0.5) is 14.5 Å². The second-order valence-electron chi connectivity index (χ2n) is 12.4. The minimum absolute atomic E-state index is 0.0664. The molecule has 3 aliphatic heterocycles. The molecule has 0 saturated carbocycles. The van der Waals surface area contributed by atoms with Gasteiger partial charge in [-0.05, 0) is 48.4 Å². The van der Waals surface area contributed by atoms with Crippen molar-refractivity contribution in [2.75, 3.05) is 37.6 Å². The van der Waals surface area contributed by atoms with Crippen LogP contribution in [0.25, 0.3) is 0 Å². The quantitative estimate of drug-likeness (QED) is 0.474. The van der Waals surface area contributed by atoms with Crippen LogP contribution in [0.3, 0.4) is 0 Å². The third-order valence-corrected chi connectivity index (χ3v) is 8.61. The highest BCUT2D eigenvalue weighted by Crippen LogP contribution is 2.39. The minimum atomic E-state index is -0.653. The lowest BCUT2D eigenvalue weighted by molar-refractivity contribution is -0.120. The zero-order valence-corrected chi connectivity index (χ0v) is 24.4. The van der Waals surface area contributed by atoms with E-state index < -0.39 is 17.0 Å². The van der Waals surface area contributed by atoms with Crippen LogP contribution in [-0.2, 0) is 23.2 Å². The number of nitrogens with zero attached hydrogens (tertiary/aromatic N) is 6. The molecule has 0 aliphatic carbocycles. The van der Waals surface area contributed by atoms with Gasteiger partial charge in [0, 0.05) is 68.3 Å². The molecule has 3 aliphatic rings. The predicted octanol–water partition coefficient (Wildman–Crippen LogP) is 3.16. The first-order valence-electron chi connectivity index (χ1n) is 14.4. The highest BCUT2D eigenvalue weighted by atomic mass is 19.1. The van der Waals surface area contributed by atoms with Gasteiger partial charge in [0.05, 0.1) is 35.3 Å². The SMILES string of the molecule is CC1CN(CC(=O)N2CC(C)(C)c3nnc(Cc4ccc(F)cc4F)cc32)C(CN2Cc3cc(C#N)ccc3C2=O)CN1. The van der Waals surface area contributed by atoms with Gasteiger partial charge >= 0.3 is 0 Å². The number of amides is 2. The number of aromatic nitrogens is 2. The molecular weight excluding hydrogens is 552 g/mol. The molecule has 11 heteroatoms. The van der Waals surface area contributed by atoms with Gasteiger partial charge in [-0.1, -0.05) is 19.9 Å². The number of hydrogen-bond donors (Lipinski definition) is 1. The Bertz CT molecular complexity index is 1650. The summed E-state index contributed by atoms with van der Waals surface area (Å²) in [6, 6.07) is 12.6. The zero-order valence-electron chi connectivity index (χ0n) is 24.4. The lowest BCUT2D eigenvalue weighted by Crippen LogP contribution is -2.60. The van der Waals surface area contributed by atoms with Gasteiger partial charge < -0.3 is 15.1 Å². The van der Waals surface area contributed by atoms with Crippen LogP contribution < -0.4 is 10.2 Å². The summed E-state index contributed by atoms with van der Waals surface area (Å²) < 4.78 is 27.8. The zero-order chi connectivity index (χ0) is 30.5. The van der Waals surface area contributed by atoms with Crippen LogP contribution in [0, 0.1) is 23.0 Å². The van der Waals surface area contributed by atoms with E-state index in [9.17, 15) is 23.6 Å². The van der Waals surface area contributed by atoms with Crippen molar-refractivity contribution in [3.63, 3.8) is 0 Å². The lowest BCUT2D eigenvalue weighted by Gasteiger charge is -2.41. The molecule has 0 bridgehead atoms. The maximum Gasteiger partial charge on any atom is 0.254 e. The lowest BCUT2D eigenvalue weighted by atomic mass is 9.91. The van der Waals surface area contributed by atoms with Gasteiger partial charge in [-0.2, -0.15) is 15.5 Å². The average Bonchev–Trinajstić information content (AvgIpc) is 3.43. The molecule has 43 heavy (non-hydrogen) atoms. The number of nitriles is 1. The molecule has 1 saturated heterocycles. The third kappa shape index (κ3) is 5.60. The Morgan fingerprint density at radius 1 is 1.16 bits per heavy atom. The topological polar surface area (TPSA) is 105 Å². The number of halogens is 2. The fourth-order valence-electron chi connectivity index (χ4n) is 6.35. The number of anilines is 1. The molecule has 4 heterocycles. The predicted molar refractivity (Wildman–Crippen MR) is 155 cm³/mol. The van der Waals surface area contributed by atoms with Crippen LogP contribution >= 0.6 is 0 Å². The Kier molecular flexibility index (Phi) is 7.44. The van der Waals surface area contributed by atoms with Crippen LogP contribution in [0.15, 0.2) is 42.5 Å². The number of fused-ring (bicyclic) bond motifs is 2. The Balaban J connectivity index is 1.20. The summed E-state index contributed by atoms with van der Waals surface area (Å²) in [7, 11) is 0. The number of carbonyl (C=O) groups excluding carboxylic acids is 2. The van der Waals surface area contributed by atoms with Crippen LogP contribution in [0.1, 0.15) is 59.2 Å². The second kappa shape index (κ2) is 11.1. The summed E-state index contributed by atoms with van der Waals surface area (Å²) in [6.07, 6.45) is 0.119. The molecule has 0 spiro atoms. The average molecular weight is 586 g/mol. The van der Waals surface area contributed by atoms with Crippen LogP contribution in [0.5, 0.6) is 0 Å². The van der Waals surface area contributed by atoms with Gasteiger partial charge in [0.25, 0.3) is 5.91 Å². The monoisotopic (exact) mass is 585 g/mol. The molecule has 6 rings (SSSR count). The summed E-state index contributed by atoms with van der Waals surface area (Å²) in [6.45, 7) is 8.82. The molecule has 222 valence electrons. The molecule has 9 nitrogen and oxygen atoms in total. The maximum absolute atomic E-state index is 14.3. The van der Waals surface area contributed by atoms with Gasteiger partial charge in [0.1, 0.15) is 11.6 Å². The Morgan fingerprint density at radius 2 is 1.98 bits per heavy atom. The van der Waals surface area contributed by atoms with E-state index in [1.807, 2.05) is 13.8 Å². The van der Waals surface area contributed by atoms with Crippen LogP contribution in [-0.4, -0.2) is 76.6 Å². The molecule has 1 N–H and O–H groups in total. The van der Waals surface area contributed by atoms with Crippen LogP contribution in [0.2, 0.25) is 0 Å². The maximum atomic E-state index is 14.3. The molecule has 3 aromatic rings. The van der Waals surface area contributed by atoms with E-state index in [2.05, 4.69) is 33.4 Å². The van der Waals surface area contributed by atoms with Gasteiger partial charge in [-0.25, -0.2) is 8.78 Å². The molecule has 2 amide bonds. The molecule has 1 fully saturated rings. The Morgan fingerprint density at radius 3 is 2.74 bits per heavy atom. The Labute approximate surface area is 249 Å². The highest BCUT2D eigenvalue weighted by molar-refractivity contribution is 5.99.